The second-order valence-corrected chi connectivity index (χ2v) is 5.03. The third kappa shape index (κ3) is 2.60. The average Bonchev–Trinajstić information content (AvgIpc) is 2.59. The van der Waals surface area contributed by atoms with E-state index in [1.807, 2.05) is 38.1 Å². The molecule has 0 N–H and O–H groups in total. The zero-order chi connectivity index (χ0) is 11.5. The second kappa shape index (κ2) is 4.93. The van der Waals surface area contributed by atoms with E-state index in [-0.39, 0.29) is 0 Å². The fourth-order valence-corrected chi connectivity index (χ4v) is 2.57. The van der Waals surface area contributed by atoms with E-state index in [2.05, 4.69) is 5.16 Å². The van der Waals surface area contributed by atoms with Crippen LogP contribution in [0.15, 0.2) is 33.7 Å². The Bertz CT molecular complexity index is 459. The summed E-state index contributed by atoms with van der Waals surface area (Å²) in [6, 6.07) is 7.84. The third-order valence-corrected chi connectivity index (χ3v) is 3.67. The van der Waals surface area contributed by atoms with E-state index in [0.29, 0.717) is 0 Å². The molecule has 0 saturated heterocycles. The summed E-state index contributed by atoms with van der Waals surface area (Å²) in [5, 5.41) is 4.70. The molecule has 0 atom stereocenters. The Labute approximate surface area is 104 Å². The van der Waals surface area contributed by atoms with Gasteiger partial charge in [0.25, 0.3) is 0 Å². The Morgan fingerprint density at radius 3 is 2.50 bits per heavy atom. The summed E-state index contributed by atoms with van der Waals surface area (Å²) < 4.78 is 5.12. The van der Waals surface area contributed by atoms with Crippen molar-refractivity contribution < 1.29 is 4.52 Å². The van der Waals surface area contributed by atoms with Gasteiger partial charge in [0.15, 0.2) is 0 Å². The number of hydrogen-bond acceptors (Lipinski definition) is 3. The van der Waals surface area contributed by atoms with Crippen LogP contribution < -0.4 is 0 Å². The van der Waals surface area contributed by atoms with Gasteiger partial charge >= 0.3 is 0 Å². The topological polar surface area (TPSA) is 26.0 Å². The van der Waals surface area contributed by atoms with Crippen molar-refractivity contribution in [2.45, 2.75) is 24.5 Å². The van der Waals surface area contributed by atoms with Gasteiger partial charge < -0.3 is 4.52 Å². The monoisotopic (exact) mass is 253 g/mol. The first-order chi connectivity index (χ1) is 7.66. The van der Waals surface area contributed by atoms with Crippen LogP contribution in [0.3, 0.4) is 0 Å². The highest BCUT2D eigenvalue weighted by molar-refractivity contribution is 7.98. The molecule has 0 aliphatic heterocycles. The number of thioether (sulfide) groups is 1. The minimum absolute atomic E-state index is 0.765. The predicted molar refractivity (Wildman–Crippen MR) is 67.0 cm³/mol. The van der Waals surface area contributed by atoms with Crippen molar-refractivity contribution in [3.63, 3.8) is 0 Å². The molecule has 0 aliphatic carbocycles. The minimum Gasteiger partial charge on any atom is -0.361 e. The normalized spacial score (nSPS) is 10.7. The molecular formula is C12H12ClNOS. The van der Waals surface area contributed by atoms with E-state index in [0.717, 1.165) is 22.2 Å². The number of hydrogen-bond donors (Lipinski definition) is 0. The molecule has 2 rings (SSSR count). The maximum absolute atomic E-state index is 5.83. The van der Waals surface area contributed by atoms with Crippen molar-refractivity contribution in [1.82, 2.24) is 5.16 Å². The SMILES string of the molecule is Cc1noc(C)c1CSc1ccc(Cl)cc1. The number of benzene rings is 1. The van der Waals surface area contributed by atoms with Crippen LogP contribution in [0.1, 0.15) is 17.0 Å². The summed E-state index contributed by atoms with van der Waals surface area (Å²) in [7, 11) is 0. The summed E-state index contributed by atoms with van der Waals surface area (Å²) in [4.78, 5) is 1.20. The summed E-state index contributed by atoms with van der Waals surface area (Å²) in [6.45, 7) is 3.91. The molecule has 84 valence electrons. The Kier molecular flexibility index (Phi) is 3.56. The van der Waals surface area contributed by atoms with Crippen LogP contribution >= 0.6 is 23.4 Å². The summed E-state index contributed by atoms with van der Waals surface area (Å²) in [5.74, 6) is 1.78. The lowest BCUT2D eigenvalue weighted by atomic mass is 10.2. The molecule has 1 aromatic carbocycles. The first-order valence-corrected chi connectivity index (χ1v) is 6.33. The zero-order valence-corrected chi connectivity index (χ0v) is 10.7. The smallest absolute Gasteiger partial charge is 0.137 e. The van der Waals surface area contributed by atoms with Crippen molar-refractivity contribution in [3.8, 4) is 0 Å². The van der Waals surface area contributed by atoms with E-state index in [9.17, 15) is 0 Å². The molecule has 0 spiro atoms. The highest BCUT2D eigenvalue weighted by Gasteiger charge is 2.08. The van der Waals surface area contributed by atoms with Crippen molar-refractivity contribution in [3.05, 3.63) is 46.3 Å². The van der Waals surface area contributed by atoms with Crippen molar-refractivity contribution in [2.24, 2.45) is 0 Å². The predicted octanol–water partition coefficient (Wildman–Crippen LogP) is 4.24. The van der Waals surface area contributed by atoms with Gasteiger partial charge in [-0.05, 0) is 38.1 Å². The first-order valence-electron chi connectivity index (χ1n) is 4.97. The van der Waals surface area contributed by atoms with Gasteiger partial charge in [-0.15, -0.1) is 11.8 Å². The molecule has 4 heteroatoms. The molecule has 0 amide bonds. The number of halogens is 1. The van der Waals surface area contributed by atoms with Gasteiger partial charge in [-0.1, -0.05) is 16.8 Å². The van der Waals surface area contributed by atoms with Crippen LogP contribution in [0.4, 0.5) is 0 Å². The van der Waals surface area contributed by atoms with Crippen LogP contribution in [0.25, 0.3) is 0 Å². The molecule has 0 saturated carbocycles. The van der Waals surface area contributed by atoms with Crippen LogP contribution in [-0.2, 0) is 5.75 Å². The van der Waals surface area contributed by atoms with E-state index in [1.165, 1.54) is 10.5 Å². The van der Waals surface area contributed by atoms with E-state index in [1.54, 1.807) is 11.8 Å². The minimum atomic E-state index is 0.765. The molecular weight excluding hydrogens is 242 g/mol. The number of aryl methyl sites for hydroxylation is 2. The van der Waals surface area contributed by atoms with Gasteiger partial charge in [0.05, 0.1) is 5.69 Å². The zero-order valence-electron chi connectivity index (χ0n) is 9.16. The quantitative estimate of drug-likeness (QED) is 0.766. The molecule has 0 bridgehead atoms. The number of rotatable bonds is 3. The van der Waals surface area contributed by atoms with Gasteiger partial charge in [-0.25, -0.2) is 0 Å². The van der Waals surface area contributed by atoms with Crippen LogP contribution in [0.5, 0.6) is 0 Å². The molecule has 16 heavy (non-hydrogen) atoms. The second-order valence-electron chi connectivity index (χ2n) is 3.55. The first kappa shape index (κ1) is 11.6. The molecule has 0 radical (unpaired) electrons. The lowest BCUT2D eigenvalue weighted by Gasteiger charge is -2.01. The van der Waals surface area contributed by atoms with E-state index < -0.39 is 0 Å². The largest absolute Gasteiger partial charge is 0.361 e. The summed E-state index contributed by atoms with van der Waals surface area (Å²) >= 11 is 7.58. The Hall–Kier alpha value is -0.930. The number of nitrogens with zero attached hydrogens (tertiary/aromatic N) is 1. The lowest BCUT2D eigenvalue weighted by Crippen LogP contribution is -1.84. The molecule has 2 nitrogen and oxygen atoms in total. The fraction of sp³-hybridized carbons (Fsp3) is 0.250. The van der Waals surface area contributed by atoms with Gasteiger partial charge in [0, 0.05) is 21.2 Å². The maximum Gasteiger partial charge on any atom is 0.137 e. The standard InChI is InChI=1S/C12H12ClNOS/c1-8-12(9(2)15-14-8)7-16-11-5-3-10(13)4-6-11/h3-6H,7H2,1-2H3. The van der Waals surface area contributed by atoms with Gasteiger partial charge in [0.2, 0.25) is 0 Å². The molecule has 0 aliphatic rings. The van der Waals surface area contributed by atoms with Gasteiger partial charge in [-0.3, -0.25) is 0 Å². The Balaban J connectivity index is 2.05. The number of aromatic nitrogens is 1. The summed E-state index contributed by atoms with van der Waals surface area (Å²) in [6.07, 6.45) is 0. The van der Waals surface area contributed by atoms with Crippen molar-refractivity contribution in [2.75, 3.05) is 0 Å². The van der Waals surface area contributed by atoms with Crippen LogP contribution in [0, 0.1) is 13.8 Å². The summed E-state index contributed by atoms with van der Waals surface area (Å²) in [5.41, 5.74) is 2.15. The van der Waals surface area contributed by atoms with Crippen LogP contribution in [-0.4, -0.2) is 5.16 Å². The van der Waals surface area contributed by atoms with E-state index in [4.69, 9.17) is 16.1 Å². The van der Waals surface area contributed by atoms with Crippen molar-refractivity contribution >= 4 is 23.4 Å². The highest BCUT2D eigenvalue weighted by Crippen LogP contribution is 2.26. The molecule has 2 aromatic rings. The third-order valence-electron chi connectivity index (χ3n) is 2.38. The van der Waals surface area contributed by atoms with E-state index >= 15 is 0 Å². The molecule has 0 unspecified atom stereocenters. The lowest BCUT2D eigenvalue weighted by molar-refractivity contribution is 0.392. The fourth-order valence-electron chi connectivity index (χ4n) is 1.39. The molecule has 1 aromatic heterocycles. The van der Waals surface area contributed by atoms with Crippen LogP contribution in [0.2, 0.25) is 5.02 Å². The maximum atomic E-state index is 5.83. The average molecular weight is 254 g/mol. The Morgan fingerprint density at radius 1 is 1.25 bits per heavy atom. The highest BCUT2D eigenvalue weighted by atomic mass is 35.5. The van der Waals surface area contributed by atoms with Crippen molar-refractivity contribution in [1.29, 1.82) is 0 Å². The molecule has 1 heterocycles. The molecule has 0 fully saturated rings. The van der Waals surface area contributed by atoms with Gasteiger partial charge in [0.1, 0.15) is 5.76 Å². The Morgan fingerprint density at radius 2 is 1.94 bits per heavy atom. The van der Waals surface area contributed by atoms with Gasteiger partial charge in [-0.2, -0.15) is 0 Å².